The topological polar surface area (TPSA) is 24.9 Å². The molecule has 0 aliphatic heterocycles. The largest absolute Gasteiger partial charge is 0.378 e. The normalized spacial score (nSPS) is 10.2. The fourth-order valence-electron chi connectivity index (χ4n) is 1.32. The van der Waals surface area contributed by atoms with E-state index < -0.39 is 0 Å². The Morgan fingerprint density at radius 3 is 2.93 bits per heavy atom. The molecule has 78 valence electrons. The molecular formula is C11H11ClN2S. The van der Waals surface area contributed by atoms with Crippen molar-refractivity contribution >= 4 is 28.6 Å². The Hall–Kier alpha value is -1.06. The van der Waals surface area contributed by atoms with Crippen LogP contribution in [0, 0.1) is 0 Å². The molecule has 1 aromatic heterocycles. The van der Waals surface area contributed by atoms with Crippen molar-refractivity contribution in [3.05, 3.63) is 46.4 Å². The Kier molecular flexibility index (Phi) is 3.59. The first-order valence-electron chi connectivity index (χ1n) is 4.66. The molecule has 1 aromatic carbocycles. The third-order valence-corrected chi connectivity index (χ3v) is 3.14. The first-order valence-corrected chi connectivity index (χ1v) is 6.07. The first-order chi connectivity index (χ1) is 7.40. The number of anilines is 1. The molecule has 0 bridgehead atoms. The summed E-state index contributed by atoms with van der Waals surface area (Å²) in [6.45, 7) is 0.756. The second-order valence-electron chi connectivity index (χ2n) is 3.07. The third kappa shape index (κ3) is 2.70. The smallest absolute Gasteiger partial charge is 0.112 e. The Bertz CT molecular complexity index is 414. The van der Waals surface area contributed by atoms with Gasteiger partial charge in [-0.1, -0.05) is 18.2 Å². The van der Waals surface area contributed by atoms with Crippen LogP contribution in [-0.4, -0.2) is 4.98 Å². The number of para-hydroxylation sites is 1. The number of aromatic nitrogens is 1. The zero-order chi connectivity index (χ0) is 10.5. The van der Waals surface area contributed by atoms with E-state index in [4.69, 9.17) is 11.6 Å². The van der Waals surface area contributed by atoms with Crippen LogP contribution in [0.15, 0.2) is 35.8 Å². The molecule has 2 rings (SSSR count). The molecule has 4 heteroatoms. The molecule has 0 radical (unpaired) electrons. The molecule has 2 aromatic rings. The van der Waals surface area contributed by atoms with E-state index in [1.807, 2.05) is 35.8 Å². The summed E-state index contributed by atoms with van der Waals surface area (Å²) in [5, 5.41) is 6.39. The number of benzene rings is 1. The van der Waals surface area contributed by atoms with E-state index in [9.17, 15) is 0 Å². The highest BCUT2D eigenvalue weighted by Gasteiger charge is 2.00. The average molecular weight is 239 g/mol. The van der Waals surface area contributed by atoms with Crippen molar-refractivity contribution in [1.29, 1.82) is 0 Å². The highest BCUT2D eigenvalue weighted by molar-refractivity contribution is 7.09. The fraction of sp³-hybridized carbons (Fsp3) is 0.182. The van der Waals surface area contributed by atoms with E-state index in [2.05, 4.69) is 10.3 Å². The standard InChI is InChI=1S/C11H11ClN2S/c12-7-9-3-1-2-4-10(9)14-8-11-13-5-6-15-11/h1-6,14H,7-8H2. The Balaban J connectivity index is 2.04. The number of hydrogen-bond donors (Lipinski definition) is 1. The highest BCUT2D eigenvalue weighted by Crippen LogP contribution is 2.18. The average Bonchev–Trinajstić information content (AvgIpc) is 2.79. The summed E-state index contributed by atoms with van der Waals surface area (Å²) in [5.41, 5.74) is 2.21. The summed E-state index contributed by atoms with van der Waals surface area (Å²) in [6.07, 6.45) is 1.81. The summed E-state index contributed by atoms with van der Waals surface area (Å²) in [7, 11) is 0. The SMILES string of the molecule is ClCc1ccccc1NCc1nccs1. The zero-order valence-corrected chi connectivity index (χ0v) is 9.68. The molecule has 0 aliphatic rings. The van der Waals surface area contributed by atoms with Gasteiger partial charge in [0, 0.05) is 23.1 Å². The molecule has 2 nitrogen and oxygen atoms in total. The quantitative estimate of drug-likeness (QED) is 0.825. The molecule has 0 unspecified atom stereocenters. The van der Waals surface area contributed by atoms with Crippen LogP contribution in [0.3, 0.4) is 0 Å². The number of nitrogens with one attached hydrogen (secondary N) is 1. The minimum atomic E-state index is 0.529. The van der Waals surface area contributed by atoms with E-state index >= 15 is 0 Å². The van der Waals surface area contributed by atoms with Gasteiger partial charge in [-0.25, -0.2) is 4.98 Å². The molecule has 0 atom stereocenters. The fourth-order valence-corrected chi connectivity index (χ4v) is 2.11. The number of rotatable bonds is 4. The molecule has 1 N–H and O–H groups in total. The van der Waals surface area contributed by atoms with E-state index in [-0.39, 0.29) is 0 Å². The highest BCUT2D eigenvalue weighted by atomic mass is 35.5. The zero-order valence-electron chi connectivity index (χ0n) is 8.11. The van der Waals surface area contributed by atoms with Gasteiger partial charge in [0.15, 0.2) is 0 Å². The minimum Gasteiger partial charge on any atom is -0.378 e. The second kappa shape index (κ2) is 5.14. The molecule has 0 aliphatic carbocycles. The van der Waals surface area contributed by atoms with Crippen LogP contribution in [0.1, 0.15) is 10.6 Å². The van der Waals surface area contributed by atoms with Crippen molar-refractivity contribution in [2.45, 2.75) is 12.4 Å². The van der Waals surface area contributed by atoms with E-state index in [0.29, 0.717) is 5.88 Å². The summed E-state index contributed by atoms with van der Waals surface area (Å²) >= 11 is 7.49. The maximum absolute atomic E-state index is 5.84. The Morgan fingerprint density at radius 2 is 2.20 bits per heavy atom. The molecule has 0 spiro atoms. The molecule has 0 saturated carbocycles. The summed E-state index contributed by atoms with van der Waals surface area (Å²) in [6, 6.07) is 8.05. The van der Waals surface area contributed by atoms with Gasteiger partial charge in [0.25, 0.3) is 0 Å². The van der Waals surface area contributed by atoms with E-state index in [0.717, 1.165) is 22.8 Å². The van der Waals surface area contributed by atoms with E-state index in [1.165, 1.54) is 0 Å². The van der Waals surface area contributed by atoms with Gasteiger partial charge in [0.05, 0.1) is 6.54 Å². The van der Waals surface area contributed by atoms with Crippen LogP contribution in [0.2, 0.25) is 0 Å². The van der Waals surface area contributed by atoms with Gasteiger partial charge in [-0.2, -0.15) is 0 Å². The van der Waals surface area contributed by atoms with Crippen molar-refractivity contribution in [2.75, 3.05) is 5.32 Å². The molecule has 15 heavy (non-hydrogen) atoms. The molecular weight excluding hydrogens is 228 g/mol. The first kappa shape index (κ1) is 10.5. The van der Waals surface area contributed by atoms with Gasteiger partial charge >= 0.3 is 0 Å². The lowest BCUT2D eigenvalue weighted by Gasteiger charge is -2.08. The summed E-state index contributed by atoms with van der Waals surface area (Å²) in [5.74, 6) is 0.529. The van der Waals surface area contributed by atoms with Gasteiger partial charge in [-0.15, -0.1) is 22.9 Å². The van der Waals surface area contributed by atoms with Gasteiger partial charge in [0.2, 0.25) is 0 Å². The molecule has 0 amide bonds. The van der Waals surface area contributed by atoms with Crippen molar-refractivity contribution in [3.63, 3.8) is 0 Å². The van der Waals surface area contributed by atoms with Gasteiger partial charge in [-0.3, -0.25) is 0 Å². The second-order valence-corrected chi connectivity index (χ2v) is 4.32. The maximum Gasteiger partial charge on any atom is 0.112 e. The van der Waals surface area contributed by atoms with Crippen LogP contribution in [0.25, 0.3) is 0 Å². The Labute approximate surface area is 97.9 Å². The number of hydrogen-bond acceptors (Lipinski definition) is 3. The molecule has 0 fully saturated rings. The molecule has 1 heterocycles. The van der Waals surface area contributed by atoms with Gasteiger partial charge in [-0.05, 0) is 11.6 Å². The van der Waals surface area contributed by atoms with Crippen molar-refractivity contribution in [2.24, 2.45) is 0 Å². The predicted octanol–water partition coefficient (Wildman–Crippen LogP) is 3.49. The van der Waals surface area contributed by atoms with Gasteiger partial charge in [0.1, 0.15) is 5.01 Å². The maximum atomic E-state index is 5.84. The number of thiazole rings is 1. The van der Waals surface area contributed by atoms with Gasteiger partial charge < -0.3 is 5.32 Å². The van der Waals surface area contributed by atoms with Crippen LogP contribution >= 0.6 is 22.9 Å². The number of alkyl halides is 1. The lowest BCUT2D eigenvalue weighted by Crippen LogP contribution is -2.00. The molecule has 0 saturated heterocycles. The summed E-state index contributed by atoms with van der Waals surface area (Å²) < 4.78 is 0. The van der Waals surface area contributed by atoms with E-state index in [1.54, 1.807) is 11.3 Å². The number of nitrogens with zero attached hydrogens (tertiary/aromatic N) is 1. The predicted molar refractivity (Wildman–Crippen MR) is 65.4 cm³/mol. The van der Waals surface area contributed by atoms with Crippen LogP contribution in [0.4, 0.5) is 5.69 Å². The Morgan fingerprint density at radius 1 is 1.33 bits per heavy atom. The third-order valence-electron chi connectivity index (χ3n) is 2.07. The minimum absolute atomic E-state index is 0.529. The van der Waals surface area contributed by atoms with Crippen molar-refractivity contribution in [3.8, 4) is 0 Å². The van der Waals surface area contributed by atoms with Crippen LogP contribution < -0.4 is 5.32 Å². The lowest BCUT2D eigenvalue weighted by atomic mass is 10.2. The monoisotopic (exact) mass is 238 g/mol. The van der Waals surface area contributed by atoms with Crippen LogP contribution in [0.5, 0.6) is 0 Å². The van der Waals surface area contributed by atoms with Crippen molar-refractivity contribution in [1.82, 2.24) is 4.98 Å². The number of halogens is 1. The van der Waals surface area contributed by atoms with Crippen molar-refractivity contribution < 1.29 is 0 Å². The summed E-state index contributed by atoms with van der Waals surface area (Å²) in [4.78, 5) is 4.21. The lowest BCUT2D eigenvalue weighted by molar-refractivity contribution is 1.10. The van der Waals surface area contributed by atoms with Crippen LogP contribution in [-0.2, 0) is 12.4 Å².